The van der Waals surface area contributed by atoms with Gasteiger partial charge in [0.2, 0.25) is 0 Å². The zero-order valence-electron chi connectivity index (χ0n) is 18.2. The SMILES string of the molecule is CSNc1ccn(C(=O)N2CCN(Cc3ccc(Cl)c(N4CC5COCC5C4)c3)CC2)n1. The maximum Gasteiger partial charge on any atom is 0.344 e. The van der Waals surface area contributed by atoms with Gasteiger partial charge < -0.3 is 19.3 Å². The number of nitrogens with one attached hydrogen (secondary N) is 1. The molecule has 2 atom stereocenters. The molecule has 2 unspecified atom stereocenters. The third-order valence-electron chi connectivity index (χ3n) is 6.63. The van der Waals surface area contributed by atoms with E-state index >= 15 is 0 Å². The van der Waals surface area contributed by atoms with Gasteiger partial charge >= 0.3 is 6.03 Å². The van der Waals surface area contributed by atoms with E-state index in [9.17, 15) is 4.79 Å². The summed E-state index contributed by atoms with van der Waals surface area (Å²) in [7, 11) is 0. The first-order valence-electron chi connectivity index (χ1n) is 11.1. The summed E-state index contributed by atoms with van der Waals surface area (Å²) >= 11 is 8.02. The third-order valence-corrected chi connectivity index (χ3v) is 7.37. The molecule has 1 aromatic heterocycles. The van der Waals surface area contributed by atoms with Crippen LogP contribution in [0.5, 0.6) is 0 Å². The molecule has 0 radical (unpaired) electrons. The predicted molar refractivity (Wildman–Crippen MR) is 128 cm³/mol. The standard InChI is InChI=1S/C22H29ClN6O2S/c1-32-25-21-4-5-29(24-21)22(30)27-8-6-26(7-9-27)11-16-2-3-19(23)20(10-16)28-12-17-14-31-15-18(17)13-28/h2-5,10,17-18H,6-9,11-15H2,1H3,(H,24,25). The van der Waals surface area contributed by atoms with Gasteiger partial charge in [0.25, 0.3) is 0 Å². The van der Waals surface area contributed by atoms with E-state index in [1.54, 1.807) is 6.20 Å². The van der Waals surface area contributed by atoms with Gasteiger partial charge in [-0.3, -0.25) is 4.90 Å². The quantitative estimate of drug-likeness (QED) is 0.665. The van der Waals surface area contributed by atoms with Crippen molar-refractivity contribution in [2.24, 2.45) is 11.8 Å². The molecule has 0 bridgehead atoms. The Balaban J connectivity index is 1.17. The van der Waals surface area contributed by atoms with Crippen LogP contribution in [0.4, 0.5) is 16.3 Å². The van der Waals surface area contributed by atoms with Gasteiger partial charge in [-0.25, -0.2) is 4.79 Å². The van der Waals surface area contributed by atoms with E-state index < -0.39 is 0 Å². The zero-order chi connectivity index (χ0) is 22.1. The molecule has 172 valence electrons. The van der Waals surface area contributed by atoms with Crippen LogP contribution < -0.4 is 9.62 Å². The van der Waals surface area contributed by atoms with Gasteiger partial charge in [-0.1, -0.05) is 29.6 Å². The number of hydrogen-bond acceptors (Lipinski definition) is 7. The molecule has 3 fully saturated rings. The van der Waals surface area contributed by atoms with Gasteiger partial charge in [-0.15, -0.1) is 5.10 Å². The van der Waals surface area contributed by atoms with Crippen LogP contribution in [-0.4, -0.2) is 84.3 Å². The maximum atomic E-state index is 12.7. The molecule has 32 heavy (non-hydrogen) atoms. The summed E-state index contributed by atoms with van der Waals surface area (Å²) in [6, 6.07) is 8.12. The van der Waals surface area contributed by atoms with Crippen LogP contribution in [0, 0.1) is 11.8 Å². The second kappa shape index (κ2) is 9.51. The van der Waals surface area contributed by atoms with Gasteiger partial charge in [0.05, 0.1) is 23.9 Å². The van der Waals surface area contributed by atoms with Crippen LogP contribution in [0.15, 0.2) is 30.5 Å². The molecular weight excluding hydrogens is 448 g/mol. The lowest BCUT2D eigenvalue weighted by atomic mass is 10.0. The Morgan fingerprint density at radius 3 is 2.66 bits per heavy atom. The van der Waals surface area contributed by atoms with Crippen molar-refractivity contribution in [1.29, 1.82) is 0 Å². The van der Waals surface area contributed by atoms with Crippen molar-refractivity contribution in [3.63, 3.8) is 0 Å². The number of fused-ring (bicyclic) bond motifs is 1. The van der Waals surface area contributed by atoms with E-state index in [1.165, 1.54) is 22.2 Å². The van der Waals surface area contributed by atoms with Crippen LogP contribution in [0.3, 0.4) is 0 Å². The molecule has 3 aliphatic heterocycles. The van der Waals surface area contributed by atoms with E-state index in [1.807, 2.05) is 23.3 Å². The number of carbonyl (C=O) groups excluding carboxylic acids is 1. The van der Waals surface area contributed by atoms with E-state index in [-0.39, 0.29) is 6.03 Å². The fourth-order valence-corrected chi connectivity index (χ4v) is 5.43. The minimum atomic E-state index is -0.0730. The van der Waals surface area contributed by atoms with Crippen molar-refractivity contribution < 1.29 is 9.53 Å². The number of rotatable bonds is 5. The van der Waals surface area contributed by atoms with Crippen molar-refractivity contribution in [1.82, 2.24) is 19.6 Å². The molecule has 10 heteroatoms. The normalized spacial score (nSPS) is 23.6. The van der Waals surface area contributed by atoms with Crippen molar-refractivity contribution in [2.75, 3.05) is 68.4 Å². The van der Waals surface area contributed by atoms with Crippen LogP contribution in [0.1, 0.15) is 5.56 Å². The third kappa shape index (κ3) is 4.57. The van der Waals surface area contributed by atoms with Crippen LogP contribution in [-0.2, 0) is 11.3 Å². The Hall–Kier alpha value is -1.94. The van der Waals surface area contributed by atoms with E-state index in [4.69, 9.17) is 16.3 Å². The molecule has 1 aromatic carbocycles. The molecule has 1 N–H and O–H groups in total. The van der Waals surface area contributed by atoms with Crippen LogP contribution >= 0.6 is 23.5 Å². The van der Waals surface area contributed by atoms with Gasteiger partial charge in [0.1, 0.15) is 0 Å². The lowest BCUT2D eigenvalue weighted by molar-refractivity contribution is 0.134. The van der Waals surface area contributed by atoms with Crippen molar-refractivity contribution >= 4 is 41.1 Å². The highest BCUT2D eigenvalue weighted by molar-refractivity contribution is 7.99. The summed E-state index contributed by atoms with van der Waals surface area (Å²) in [6.07, 6.45) is 3.63. The Labute approximate surface area is 197 Å². The lowest BCUT2D eigenvalue weighted by Crippen LogP contribution is -2.49. The van der Waals surface area contributed by atoms with Gasteiger partial charge in [-0.05, 0) is 17.7 Å². The number of benzene rings is 1. The lowest BCUT2D eigenvalue weighted by Gasteiger charge is -2.34. The summed E-state index contributed by atoms with van der Waals surface area (Å²) in [6.45, 7) is 7.72. The fraction of sp³-hybridized carbons (Fsp3) is 0.545. The molecule has 0 spiro atoms. The highest BCUT2D eigenvalue weighted by Gasteiger charge is 2.37. The fourth-order valence-electron chi connectivity index (χ4n) is 4.87. The summed E-state index contributed by atoms with van der Waals surface area (Å²) in [5.74, 6) is 1.95. The Morgan fingerprint density at radius 2 is 1.94 bits per heavy atom. The summed E-state index contributed by atoms with van der Waals surface area (Å²) in [5.41, 5.74) is 2.40. The highest BCUT2D eigenvalue weighted by Crippen LogP contribution is 2.36. The molecule has 0 aliphatic carbocycles. The highest BCUT2D eigenvalue weighted by atomic mass is 35.5. The van der Waals surface area contributed by atoms with E-state index in [2.05, 4.69) is 31.8 Å². The van der Waals surface area contributed by atoms with E-state index in [0.29, 0.717) is 30.7 Å². The summed E-state index contributed by atoms with van der Waals surface area (Å²) < 4.78 is 10.1. The summed E-state index contributed by atoms with van der Waals surface area (Å²) in [4.78, 5) is 19.4. The monoisotopic (exact) mass is 476 g/mol. The second-order valence-corrected chi connectivity index (χ2v) is 9.77. The maximum absolute atomic E-state index is 12.7. The molecule has 4 heterocycles. The molecule has 3 aliphatic rings. The molecular formula is C22H29ClN6O2S. The van der Waals surface area contributed by atoms with Crippen molar-refractivity contribution in [2.45, 2.75) is 6.54 Å². The minimum absolute atomic E-state index is 0.0730. The number of piperazine rings is 1. The Bertz CT molecular complexity index is 952. The number of ether oxygens (including phenoxy) is 1. The smallest absolute Gasteiger partial charge is 0.344 e. The topological polar surface area (TPSA) is 65.9 Å². The number of anilines is 2. The summed E-state index contributed by atoms with van der Waals surface area (Å²) in [5, 5.41) is 5.11. The number of carbonyl (C=O) groups is 1. The second-order valence-electron chi connectivity index (χ2n) is 8.75. The average Bonchev–Trinajstić information content (AvgIpc) is 3.52. The zero-order valence-corrected chi connectivity index (χ0v) is 19.8. The molecule has 3 saturated heterocycles. The van der Waals surface area contributed by atoms with Crippen LogP contribution in [0.2, 0.25) is 5.02 Å². The molecule has 8 nitrogen and oxygen atoms in total. The Kier molecular flexibility index (Phi) is 6.50. The van der Waals surface area contributed by atoms with Crippen molar-refractivity contribution in [3.05, 3.63) is 41.0 Å². The van der Waals surface area contributed by atoms with Crippen LogP contribution in [0.25, 0.3) is 0 Å². The number of amides is 1. The minimum Gasteiger partial charge on any atom is -0.381 e. The van der Waals surface area contributed by atoms with Gasteiger partial charge in [0.15, 0.2) is 5.82 Å². The number of nitrogens with zero attached hydrogens (tertiary/aromatic N) is 5. The van der Waals surface area contributed by atoms with Gasteiger partial charge in [-0.2, -0.15) is 4.68 Å². The molecule has 0 saturated carbocycles. The average molecular weight is 477 g/mol. The van der Waals surface area contributed by atoms with Gasteiger partial charge in [0, 0.05) is 76.2 Å². The largest absolute Gasteiger partial charge is 0.381 e. The number of hydrogen-bond donors (Lipinski definition) is 1. The molecule has 1 amide bonds. The number of halogens is 1. The van der Waals surface area contributed by atoms with Crippen molar-refractivity contribution in [3.8, 4) is 0 Å². The molecule has 2 aromatic rings. The first-order valence-corrected chi connectivity index (χ1v) is 12.7. The Morgan fingerprint density at radius 1 is 1.19 bits per heavy atom. The number of aromatic nitrogens is 2. The first kappa shape index (κ1) is 21.9. The predicted octanol–water partition coefficient (Wildman–Crippen LogP) is 3.09. The first-order chi connectivity index (χ1) is 15.6. The van der Waals surface area contributed by atoms with E-state index in [0.717, 1.165) is 56.6 Å². The molecule has 5 rings (SSSR count).